The van der Waals surface area contributed by atoms with Gasteiger partial charge in [0.05, 0.1) is 6.61 Å². The summed E-state index contributed by atoms with van der Waals surface area (Å²) < 4.78 is 4.99. The predicted octanol–water partition coefficient (Wildman–Crippen LogP) is 0.977. The molecular formula is C9H17NO2S. The molecule has 0 saturated heterocycles. The fourth-order valence-corrected chi connectivity index (χ4v) is 1.44. The Hall–Kier alpha value is -0.220. The van der Waals surface area contributed by atoms with E-state index in [1.165, 1.54) is 19.3 Å². The summed E-state index contributed by atoms with van der Waals surface area (Å²) in [5, 5.41) is 0. The molecule has 0 radical (unpaired) electrons. The standard InChI is InChI=1S/C9H17NO2S/c10-8(6-13)9(11)12-5-4-7-2-1-3-7/h7-8,13H,1-6,10H2. The van der Waals surface area contributed by atoms with E-state index in [2.05, 4.69) is 12.6 Å². The van der Waals surface area contributed by atoms with Crippen LogP contribution in [0.25, 0.3) is 0 Å². The molecule has 13 heavy (non-hydrogen) atoms. The van der Waals surface area contributed by atoms with Crippen LogP contribution in [-0.4, -0.2) is 24.4 Å². The molecule has 0 aromatic carbocycles. The minimum absolute atomic E-state index is 0.325. The molecule has 1 fully saturated rings. The Bertz CT molecular complexity index is 171. The van der Waals surface area contributed by atoms with Crippen LogP contribution in [0.3, 0.4) is 0 Å². The zero-order valence-corrected chi connectivity index (χ0v) is 8.63. The fraction of sp³-hybridized carbons (Fsp3) is 0.889. The molecule has 1 aliphatic rings. The van der Waals surface area contributed by atoms with Gasteiger partial charge in [-0.3, -0.25) is 4.79 Å². The molecule has 1 aliphatic carbocycles. The summed E-state index contributed by atoms with van der Waals surface area (Å²) in [4.78, 5) is 11.1. The van der Waals surface area contributed by atoms with E-state index in [-0.39, 0.29) is 5.97 Å². The number of hydrogen-bond acceptors (Lipinski definition) is 4. The first-order valence-electron chi connectivity index (χ1n) is 4.77. The normalized spacial score (nSPS) is 19.2. The second kappa shape index (κ2) is 5.50. The summed E-state index contributed by atoms with van der Waals surface area (Å²) in [5.41, 5.74) is 5.43. The highest BCUT2D eigenvalue weighted by Gasteiger charge is 2.18. The number of nitrogens with two attached hydrogens (primary N) is 1. The second-order valence-corrected chi connectivity index (χ2v) is 3.91. The second-order valence-electron chi connectivity index (χ2n) is 3.54. The van der Waals surface area contributed by atoms with Crippen LogP contribution in [0.4, 0.5) is 0 Å². The molecular weight excluding hydrogens is 186 g/mol. The number of thiol groups is 1. The van der Waals surface area contributed by atoms with Gasteiger partial charge in [0.2, 0.25) is 0 Å². The highest BCUT2D eigenvalue weighted by atomic mass is 32.1. The van der Waals surface area contributed by atoms with Crippen molar-refractivity contribution < 1.29 is 9.53 Å². The Kier molecular flexibility index (Phi) is 4.59. The van der Waals surface area contributed by atoms with Gasteiger partial charge in [-0.05, 0) is 12.3 Å². The van der Waals surface area contributed by atoms with E-state index in [1.54, 1.807) is 0 Å². The lowest BCUT2D eigenvalue weighted by Gasteiger charge is -2.24. The van der Waals surface area contributed by atoms with Crippen LogP contribution in [-0.2, 0) is 9.53 Å². The Balaban J connectivity index is 2.00. The van der Waals surface area contributed by atoms with Crippen LogP contribution < -0.4 is 5.73 Å². The molecule has 3 nitrogen and oxygen atoms in total. The molecule has 1 saturated carbocycles. The van der Waals surface area contributed by atoms with E-state index in [9.17, 15) is 4.79 Å². The summed E-state index contributed by atoms with van der Waals surface area (Å²) in [5.74, 6) is 0.803. The van der Waals surface area contributed by atoms with Gasteiger partial charge in [0, 0.05) is 5.75 Å². The van der Waals surface area contributed by atoms with Crippen molar-refractivity contribution in [2.45, 2.75) is 31.7 Å². The third kappa shape index (κ3) is 3.56. The van der Waals surface area contributed by atoms with E-state index in [0.29, 0.717) is 12.4 Å². The zero-order valence-electron chi connectivity index (χ0n) is 7.74. The molecule has 0 amide bonds. The molecule has 2 N–H and O–H groups in total. The van der Waals surface area contributed by atoms with Crippen molar-refractivity contribution in [3.05, 3.63) is 0 Å². The monoisotopic (exact) mass is 203 g/mol. The Morgan fingerprint density at radius 2 is 2.31 bits per heavy atom. The molecule has 0 spiro atoms. The van der Waals surface area contributed by atoms with Crippen LogP contribution in [0.1, 0.15) is 25.7 Å². The summed E-state index contributed by atoms with van der Waals surface area (Å²) in [6, 6.07) is -0.565. The number of ether oxygens (including phenoxy) is 1. The third-order valence-electron chi connectivity index (χ3n) is 2.49. The number of carbonyl (C=O) groups is 1. The molecule has 0 bridgehead atoms. The molecule has 76 valence electrons. The van der Waals surface area contributed by atoms with Crippen molar-refractivity contribution >= 4 is 18.6 Å². The molecule has 4 heteroatoms. The van der Waals surface area contributed by atoms with Gasteiger partial charge < -0.3 is 10.5 Å². The first-order chi connectivity index (χ1) is 6.24. The van der Waals surface area contributed by atoms with Crippen molar-refractivity contribution in [1.82, 2.24) is 0 Å². The third-order valence-corrected chi connectivity index (χ3v) is 2.89. The van der Waals surface area contributed by atoms with Crippen molar-refractivity contribution in [1.29, 1.82) is 0 Å². The smallest absolute Gasteiger partial charge is 0.323 e. The summed E-state index contributed by atoms with van der Waals surface area (Å²) in [6.45, 7) is 0.519. The largest absolute Gasteiger partial charge is 0.464 e. The molecule has 1 unspecified atom stereocenters. The van der Waals surface area contributed by atoms with Gasteiger partial charge in [0.25, 0.3) is 0 Å². The van der Waals surface area contributed by atoms with Gasteiger partial charge >= 0.3 is 5.97 Å². The first-order valence-corrected chi connectivity index (χ1v) is 5.40. The lowest BCUT2D eigenvalue weighted by atomic mass is 9.83. The SMILES string of the molecule is NC(CS)C(=O)OCCC1CCC1. The van der Waals surface area contributed by atoms with Crippen molar-refractivity contribution in [2.24, 2.45) is 11.7 Å². The highest BCUT2D eigenvalue weighted by Crippen LogP contribution is 2.29. The van der Waals surface area contributed by atoms with E-state index in [0.717, 1.165) is 12.3 Å². The minimum Gasteiger partial charge on any atom is -0.464 e. The Morgan fingerprint density at radius 3 is 2.77 bits per heavy atom. The highest BCUT2D eigenvalue weighted by molar-refractivity contribution is 7.80. The maximum Gasteiger partial charge on any atom is 0.323 e. The molecule has 1 rings (SSSR count). The van der Waals surface area contributed by atoms with Gasteiger partial charge in [-0.25, -0.2) is 0 Å². The first kappa shape index (κ1) is 10.9. The summed E-state index contributed by atoms with van der Waals surface area (Å²) in [6.07, 6.45) is 4.89. The van der Waals surface area contributed by atoms with Gasteiger partial charge in [0.1, 0.15) is 6.04 Å². The number of carbonyl (C=O) groups excluding carboxylic acids is 1. The number of esters is 1. The van der Waals surface area contributed by atoms with E-state index in [1.807, 2.05) is 0 Å². The van der Waals surface area contributed by atoms with Crippen LogP contribution in [0, 0.1) is 5.92 Å². The lowest BCUT2D eigenvalue weighted by Crippen LogP contribution is -2.34. The van der Waals surface area contributed by atoms with Crippen LogP contribution in [0.15, 0.2) is 0 Å². The van der Waals surface area contributed by atoms with Crippen LogP contribution in [0.2, 0.25) is 0 Å². The average Bonchev–Trinajstić information content (AvgIpc) is 2.07. The summed E-state index contributed by atoms with van der Waals surface area (Å²) >= 11 is 3.92. The van der Waals surface area contributed by atoms with Gasteiger partial charge in [-0.2, -0.15) is 12.6 Å². The maximum absolute atomic E-state index is 11.1. The van der Waals surface area contributed by atoms with E-state index in [4.69, 9.17) is 10.5 Å². The predicted molar refractivity (Wildman–Crippen MR) is 54.7 cm³/mol. The van der Waals surface area contributed by atoms with Crippen LogP contribution in [0.5, 0.6) is 0 Å². The van der Waals surface area contributed by atoms with Gasteiger partial charge in [-0.1, -0.05) is 19.3 Å². The van der Waals surface area contributed by atoms with Gasteiger partial charge in [0.15, 0.2) is 0 Å². The minimum atomic E-state index is -0.565. The molecule has 0 aromatic heterocycles. The molecule has 0 heterocycles. The number of rotatable bonds is 5. The van der Waals surface area contributed by atoms with E-state index < -0.39 is 6.04 Å². The molecule has 0 aliphatic heterocycles. The quantitative estimate of drug-likeness (QED) is 0.517. The zero-order chi connectivity index (χ0) is 9.68. The van der Waals surface area contributed by atoms with E-state index >= 15 is 0 Å². The molecule has 0 aromatic rings. The van der Waals surface area contributed by atoms with Crippen molar-refractivity contribution in [3.8, 4) is 0 Å². The van der Waals surface area contributed by atoms with Crippen molar-refractivity contribution in [2.75, 3.05) is 12.4 Å². The number of hydrogen-bond donors (Lipinski definition) is 2. The van der Waals surface area contributed by atoms with Crippen LogP contribution >= 0.6 is 12.6 Å². The average molecular weight is 203 g/mol. The Morgan fingerprint density at radius 1 is 1.62 bits per heavy atom. The topological polar surface area (TPSA) is 52.3 Å². The summed E-state index contributed by atoms with van der Waals surface area (Å²) in [7, 11) is 0. The maximum atomic E-state index is 11.1. The molecule has 1 atom stereocenters. The lowest BCUT2D eigenvalue weighted by molar-refractivity contribution is -0.145. The van der Waals surface area contributed by atoms with Crippen molar-refractivity contribution in [3.63, 3.8) is 0 Å². The fourth-order valence-electron chi connectivity index (χ4n) is 1.29. The Labute approximate surface area is 84.4 Å². The van der Waals surface area contributed by atoms with Gasteiger partial charge in [-0.15, -0.1) is 0 Å².